The standard InChI is InChI=1S/C15H17N3O2/c1-15(2,3)12-10(9-4-6-17-7-5-9)8-11(13(16)19)14(20)18-12/h4-8H,1-3H3,(H2,16,19)(H,18,20). The Labute approximate surface area is 116 Å². The molecule has 0 aliphatic rings. The Bertz CT molecular complexity index is 697. The van der Waals surface area contributed by atoms with Crippen LogP contribution in [0.5, 0.6) is 0 Å². The number of aromatic amines is 1. The number of nitrogens with one attached hydrogen (secondary N) is 1. The quantitative estimate of drug-likeness (QED) is 0.873. The highest BCUT2D eigenvalue weighted by atomic mass is 16.2. The molecule has 1 amide bonds. The van der Waals surface area contributed by atoms with Crippen molar-refractivity contribution >= 4 is 5.91 Å². The Morgan fingerprint density at radius 3 is 2.35 bits per heavy atom. The number of pyridine rings is 2. The lowest BCUT2D eigenvalue weighted by Gasteiger charge is -2.22. The minimum atomic E-state index is -0.734. The summed E-state index contributed by atoms with van der Waals surface area (Å²) >= 11 is 0. The van der Waals surface area contributed by atoms with Crippen molar-refractivity contribution in [2.24, 2.45) is 5.73 Å². The smallest absolute Gasteiger partial charge is 0.261 e. The molecule has 5 heteroatoms. The normalized spacial score (nSPS) is 11.3. The first-order valence-electron chi connectivity index (χ1n) is 6.28. The second-order valence-electron chi connectivity index (χ2n) is 5.65. The van der Waals surface area contributed by atoms with E-state index in [2.05, 4.69) is 9.97 Å². The van der Waals surface area contributed by atoms with Gasteiger partial charge in [-0.25, -0.2) is 0 Å². The van der Waals surface area contributed by atoms with Crippen LogP contribution in [0.25, 0.3) is 11.1 Å². The molecule has 0 spiro atoms. The van der Waals surface area contributed by atoms with Gasteiger partial charge in [-0.05, 0) is 23.8 Å². The number of H-pyrrole nitrogens is 1. The van der Waals surface area contributed by atoms with Crippen LogP contribution in [0.3, 0.4) is 0 Å². The lowest BCUT2D eigenvalue weighted by atomic mass is 9.85. The van der Waals surface area contributed by atoms with Gasteiger partial charge < -0.3 is 10.7 Å². The third kappa shape index (κ3) is 2.61. The van der Waals surface area contributed by atoms with E-state index in [4.69, 9.17) is 5.73 Å². The maximum atomic E-state index is 11.9. The number of nitrogens with zero attached hydrogens (tertiary/aromatic N) is 1. The summed E-state index contributed by atoms with van der Waals surface area (Å²) in [6.45, 7) is 5.98. The van der Waals surface area contributed by atoms with Crippen LogP contribution in [-0.2, 0) is 5.41 Å². The van der Waals surface area contributed by atoms with E-state index >= 15 is 0 Å². The molecule has 0 bridgehead atoms. The average molecular weight is 271 g/mol. The monoisotopic (exact) mass is 271 g/mol. The fourth-order valence-corrected chi connectivity index (χ4v) is 2.06. The van der Waals surface area contributed by atoms with Gasteiger partial charge in [-0.1, -0.05) is 20.8 Å². The molecule has 0 atom stereocenters. The second kappa shape index (κ2) is 4.92. The lowest BCUT2D eigenvalue weighted by Crippen LogP contribution is -2.28. The van der Waals surface area contributed by atoms with E-state index < -0.39 is 11.5 Å². The van der Waals surface area contributed by atoms with Crippen molar-refractivity contribution in [1.29, 1.82) is 0 Å². The number of hydrogen-bond donors (Lipinski definition) is 2. The maximum absolute atomic E-state index is 11.9. The molecule has 20 heavy (non-hydrogen) atoms. The number of nitrogens with two attached hydrogens (primary N) is 1. The van der Waals surface area contributed by atoms with Crippen molar-refractivity contribution in [3.05, 3.63) is 52.2 Å². The zero-order chi connectivity index (χ0) is 14.9. The number of rotatable bonds is 2. The summed E-state index contributed by atoms with van der Waals surface area (Å²) in [6, 6.07) is 5.21. The van der Waals surface area contributed by atoms with Crippen molar-refractivity contribution in [2.45, 2.75) is 26.2 Å². The number of aromatic nitrogens is 2. The van der Waals surface area contributed by atoms with E-state index in [1.165, 1.54) is 0 Å². The molecule has 2 heterocycles. The third-order valence-electron chi connectivity index (χ3n) is 3.05. The molecule has 104 valence electrons. The fourth-order valence-electron chi connectivity index (χ4n) is 2.06. The molecule has 0 unspecified atom stereocenters. The molecule has 3 N–H and O–H groups in total. The van der Waals surface area contributed by atoms with Crippen LogP contribution in [0.15, 0.2) is 35.4 Å². The van der Waals surface area contributed by atoms with Gasteiger partial charge in [0, 0.05) is 29.1 Å². The lowest BCUT2D eigenvalue weighted by molar-refractivity contribution is 0.0999. The molecule has 2 aromatic rings. The second-order valence-corrected chi connectivity index (χ2v) is 5.65. The molecule has 0 aliphatic carbocycles. The summed E-state index contributed by atoms with van der Waals surface area (Å²) < 4.78 is 0. The van der Waals surface area contributed by atoms with E-state index in [1.807, 2.05) is 32.9 Å². The number of carbonyl (C=O) groups is 1. The van der Waals surface area contributed by atoms with Crippen LogP contribution in [0.1, 0.15) is 36.8 Å². The molecule has 0 radical (unpaired) electrons. The van der Waals surface area contributed by atoms with Gasteiger partial charge in [0.05, 0.1) is 0 Å². The molecule has 0 aromatic carbocycles. The van der Waals surface area contributed by atoms with Crippen molar-refractivity contribution in [3.63, 3.8) is 0 Å². The number of amides is 1. The number of hydrogen-bond acceptors (Lipinski definition) is 3. The first-order valence-corrected chi connectivity index (χ1v) is 6.28. The van der Waals surface area contributed by atoms with Crippen LogP contribution in [0, 0.1) is 0 Å². The topological polar surface area (TPSA) is 88.8 Å². The predicted octanol–water partition coefficient (Wildman–Crippen LogP) is 1.83. The van der Waals surface area contributed by atoms with Crippen LogP contribution >= 0.6 is 0 Å². The van der Waals surface area contributed by atoms with Gasteiger partial charge in [0.1, 0.15) is 5.56 Å². The van der Waals surface area contributed by atoms with Gasteiger partial charge in [-0.3, -0.25) is 14.6 Å². The van der Waals surface area contributed by atoms with Crippen molar-refractivity contribution < 1.29 is 4.79 Å². The van der Waals surface area contributed by atoms with Gasteiger partial charge in [0.25, 0.3) is 11.5 Å². The first kappa shape index (κ1) is 14.0. The van der Waals surface area contributed by atoms with E-state index in [0.29, 0.717) is 0 Å². The van der Waals surface area contributed by atoms with Crippen LogP contribution in [-0.4, -0.2) is 15.9 Å². The van der Waals surface area contributed by atoms with Crippen molar-refractivity contribution in [1.82, 2.24) is 9.97 Å². The van der Waals surface area contributed by atoms with E-state index in [1.54, 1.807) is 18.5 Å². The number of primary amides is 1. The summed E-state index contributed by atoms with van der Waals surface area (Å²) in [7, 11) is 0. The first-order chi connectivity index (χ1) is 9.30. The molecule has 2 aromatic heterocycles. The highest BCUT2D eigenvalue weighted by Crippen LogP contribution is 2.30. The van der Waals surface area contributed by atoms with Gasteiger partial charge in [-0.2, -0.15) is 0 Å². The molecule has 0 aliphatic heterocycles. The summed E-state index contributed by atoms with van der Waals surface area (Å²) in [4.78, 5) is 30.1. The minimum absolute atomic E-state index is 0.0372. The molecular formula is C15H17N3O2. The van der Waals surface area contributed by atoms with Crippen LogP contribution < -0.4 is 11.3 Å². The Hall–Kier alpha value is -2.43. The van der Waals surface area contributed by atoms with E-state index in [0.717, 1.165) is 16.8 Å². The Balaban J connectivity index is 2.79. The predicted molar refractivity (Wildman–Crippen MR) is 77.5 cm³/mol. The average Bonchev–Trinajstić information content (AvgIpc) is 2.38. The van der Waals surface area contributed by atoms with Crippen LogP contribution in [0.4, 0.5) is 0 Å². The van der Waals surface area contributed by atoms with Gasteiger partial charge in [-0.15, -0.1) is 0 Å². The highest BCUT2D eigenvalue weighted by Gasteiger charge is 2.22. The van der Waals surface area contributed by atoms with Crippen molar-refractivity contribution in [3.8, 4) is 11.1 Å². The molecule has 5 nitrogen and oxygen atoms in total. The summed E-state index contributed by atoms with van der Waals surface area (Å²) in [5.41, 5.74) is 6.91. The van der Waals surface area contributed by atoms with Crippen LogP contribution in [0.2, 0.25) is 0 Å². The van der Waals surface area contributed by atoms with Gasteiger partial charge in [0.2, 0.25) is 0 Å². The molecular weight excluding hydrogens is 254 g/mol. The van der Waals surface area contributed by atoms with Crippen molar-refractivity contribution in [2.75, 3.05) is 0 Å². The number of carbonyl (C=O) groups excluding carboxylic acids is 1. The molecule has 0 saturated heterocycles. The highest BCUT2D eigenvalue weighted by molar-refractivity contribution is 5.93. The van der Waals surface area contributed by atoms with E-state index in [9.17, 15) is 9.59 Å². The molecule has 0 fully saturated rings. The van der Waals surface area contributed by atoms with Gasteiger partial charge >= 0.3 is 0 Å². The molecule has 0 saturated carbocycles. The summed E-state index contributed by atoms with van der Waals surface area (Å²) in [6.07, 6.45) is 3.33. The zero-order valence-corrected chi connectivity index (χ0v) is 11.7. The summed E-state index contributed by atoms with van der Waals surface area (Å²) in [5.74, 6) is -0.734. The zero-order valence-electron chi connectivity index (χ0n) is 11.7. The minimum Gasteiger partial charge on any atom is -0.365 e. The fraction of sp³-hybridized carbons (Fsp3) is 0.267. The Morgan fingerprint density at radius 1 is 1.25 bits per heavy atom. The maximum Gasteiger partial charge on any atom is 0.261 e. The SMILES string of the molecule is CC(C)(C)c1[nH]c(=O)c(C(N)=O)cc1-c1ccncc1. The van der Waals surface area contributed by atoms with Gasteiger partial charge in [0.15, 0.2) is 0 Å². The summed E-state index contributed by atoms with van der Waals surface area (Å²) in [5, 5.41) is 0. The Morgan fingerprint density at radius 2 is 1.85 bits per heavy atom. The molecule has 2 rings (SSSR count). The Kier molecular flexibility index (Phi) is 3.44. The third-order valence-corrected chi connectivity index (χ3v) is 3.05. The van der Waals surface area contributed by atoms with E-state index in [-0.39, 0.29) is 11.0 Å². The largest absolute Gasteiger partial charge is 0.365 e.